The zero-order valence-electron chi connectivity index (χ0n) is 33.7. The molecule has 0 saturated heterocycles. The third kappa shape index (κ3) is 5.53. The van der Waals surface area contributed by atoms with Crippen LogP contribution in [0, 0.1) is 0 Å². The third-order valence-corrected chi connectivity index (χ3v) is 12.2. The van der Waals surface area contributed by atoms with Gasteiger partial charge in [-0.15, -0.1) is 0 Å². The number of furan rings is 1. The molecule has 8 aromatic carbocycles. The molecule has 13 rings (SSSR count). The van der Waals surface area contributed by atoms with Gasteiger partial charge in [-0.1, -0.05) is 158 Å². The standard InChI is InChI=1S/C56H34N6O/c1-5-17-35(18-6-1)43-33-44(36-19-7-2-8-20-36)58-55(57-43)61-47-27-15-13-25-41(47)51-49(61)31-29-39-40-30-32-50-52(54(40)63-53(39)51)42-26-14-16-28-48(42)62(50)56-59-45(37-21-9-3-10-22-37)34-46(60-56)38-23-11-4-12-24-38/h1-34H. The van der Waals surface area contributed by atoms with Crippen LogP contribution in [0.4, 0.5) is 0 Å². The lowest BCUT2D eigenvalue weighted by Gasteiger charge is -2.11. The van der Waals surface area contributed by atoms with Gasteiger partial charge >= 0.3 is 0 Å². The molecule has 0 aliphatic carbocycles. The van der Waals surface area contributed by atoms with Crippen LogP contribution in [0.15, 0.2) is 211 Å². The Morgan fingerprint density at radius 1 is 0.286 bits per heavy atom. The molecule has 5 heterocycles. The molecule has 0 saturated carbocycles. The molecule has 0 radical (unpaired) electrons. The van der Waals surface area contributed by atoms with Crippen molar-refractivity contribution in [3.8, 4) is 56.9 Å². The van der Waals surface area contributed by atoms with Crippen LogP contribution < -0.4 is 0 Å². The van der Waals surface area contributed by atoms with E-state index in [1.807, 2.05) is 72.8 Å². The smallest absolute Gasteiger partial charge is 0.235 e. The van der Waals surface area contributed by atoms with Crippen LogP contribution in [0.2, 0.25) is 0 Å². The maximum absolute atomic E-state index is 7.26. The first-order chi connectivity index (χ1) is 31.2. The maximum atomic E-state index is 7.26. The predicted molar refractivity (Wildman–Crippen MR) is 255 cm³/mol. The molecule has 0 atom stereocenters. The Morgan fingerprint density at radius 2 is 0.603 bits per heavy atom. The SMILES string of the molecule is c1ccc(-c2cc(-c3ccccc3)nc(-n3c4ccccc4c4c5oc6c(ccc7c6c6ccccc6n7-c6nc(-c7ccccc7)cc(-c7ccccc7)n6)c5ccc43)n2)cc1. The van der Waals surface area contributed by atoms with Gasteiger partial charge in [0.1, 0.15) is 11.2 Å². The molecule has 0 fully saturated rings. The summed E-state index contributed by atoms with van der Waals surface area (Å²) in [5.41, 5.74) is 13.0. The molecule has 294 valence electrons. The van der Waals surface area contributed by atoms with Crippen molar-refractivity contribution in [1.29, 1.82) is 0 Å². The molecule has 13 aromatic rings. The molecule has 0 N–H and O–H groups in total. The van der Waals surface area contributed by atoms with Crippen molar-refractivity contribution in [1.82, 2.24) is 29.1 Å². The molecule has 0 bridgehead atoms. The van der Waals surface area contributed by atoms with Crippen LogP contribution in [0.1, 0.15) is 0 Å². The molecule has 5 aromatic heterocycles. The summed E-state index contributed by atoms with van der Waals surface area (Å²) in [6.07, 6.45) is 0. The van der Waals surface area contributed by atoms with Crippen molar-refractivity contribution >= 4 is 65.6 Å². The van der Waals surface area contributed by atoms with Gasteiger partial charge in [0.15, 0.2) is 0 Å². The number of benzene rings is 8. The lowest BCUT2D eigenvalue weighted by molar-refractivity contribution is 0.677. The number of rotatable bonds is 6. The van der Waals surface area contributed by atoms with E-state index in [0.717, 1.165) is 111 Å². The Kier molecular flexibility index (Phi) is 7.77. The van der Waals surface area contributed by atoms with Crippen molar-refractivity contribution in [3.63, 3.8) is 0 Å². The molecule has 63 heavy (non-hydrogen) atoms. The van der Waals surface area contributed by atoms with Crippen LogP contribution in [-0.4, -0.2) is 29.1 Å². The fourth-order valence-electron chi connectivity index (χ4n) is 9.32. The first kappa shape index (κ1) is 35.1. The summed E-state index contributed by atoms with van der Waals surface area (Å²) in [4.78, 5) is 21.0. The lowest BCUT2D eigenvalue weighted by Crippen LogP contribution is -2.04. The van der Waals surface area contributed by atoms with Crippen LogP contribution in [0.5, 0.6) is 0 Å². The van der Waals surface area contributed by atoms with Gasteiger partial charge in [-0.3, -0.25) is 9.13 Å². The lowest BCUT2D eigenvalue weighted by atomic mass is 10.1. The van der Waals surface area contributed by atoms with Crippen molar-refractivity contribution in [3.05, 3.63) is 206 Å². The van der Waals surface area contributed by atoms with E-state index >= 15 is 0 Å². The fraction of sp³-hybridized carbons (Fsp3) is 0. The molecule has 0 aliphatic rings. The third-order valence-electron chi connectivity index (χ3n) is 12.2. The van der Waals surface area contributed by atoms with E-state index in [9.17, 15) is 0 Å². The number of aromatic nitrogens is 6. The molecule has 0 amide bonds. The van der Waals surface area contributed by atoms with Crippen LogP contribution >= 0.6 is 0 Å². The van der Waals surface area contributed by atoms with E-state index in [4.69, 9.17) is 24.4 Å². The minimum Gasteiger partial charge on any atom is -0.455 e. The molecular formula is C56H34N6O. The van der Waals surface area contributed by atoms with E-state index in [-0.39, 0.29) is 0 Å². The van der Waals surface area contributed by atoms with Gasteiger partial charge in [-0.2, -0.15) is 0 Å². The van der Waals surface area contributed by atoms with Gasteiger partial charge in [0.2, 0.25) is 11.9 Å². The molecule has 0 aliphatic heterocycles. The van der Waals surface area contributed by atoms with Crippen molar-refractivity contribution in [2.24, 2.45) is 0 Å². The summed E-state index contributed by atoms with van der Waals surface area (Å²) in [5.74, 6) is 1.19. The largest absolute Gasteiger partial charge is 0.455 e. The Hall–Kier alpha value is -8.68. The Labute approximate surface area is 360 Å². The number of hydrogen-bond donors (Lipinski definition) is 0. The molecule has 7 nitrogen and oxygen atoms in total. The Bertz CT molecular complexity index is 3520. The van der Waals surface area contributed by atoms with Crippen LogP contribution in [-0.2, 0) is 0 Å². The summed E-state index contributed by atoms with van der Waals surface area (Å²) in [7, 11) is 0. The van der Waals surface area contributed by atoms with Gasteiger partial charge in [0.25, 0.3) is 0 Å². The first-order valence-electron chi connectivity index (χ1n) is 21.1. The first-order valence-corrected chi connectivity index (χ1v) is 21.1. The van der Waals surface area contributed by atoms with Gasteiger partial charge in [0.05, 0.1) is 55.6 Å². The minimum absolute atomic E-state index is 0.593. The predicted octanol–water partition coefficient (Wildman–Crippen LogP) is 14.0. The second-order valence-corrected chi connectivity index (χ2v) is 15.8. The van der Waals surface area contributed by atoms with E-state index < -0.39 is 0 Å². The maximum Gasteiger partial charge on any atom is 0.235 e. The summed E-state index contributed by atoms with van der Waals surface area (Å²) in [6, 6.07) is 71.1. The van der Waals surface area contributed by atoms with Crippen LogP contribution in [0.25, 0.3) is 122 Å². The number of fused-ring (bicyclic) bond motifs is 11. The van der Waals surface area contributed by atoms with Crippen molar-refractivity contribution < 1.29 is 4.42 Å². The number of para-hydroxylation sites is 2. The molecular weight excluding hydrogens is 773 g/mol. The quantitative estimate of drug-likeness (QED) is 0.167. The second-order valence-electron chi connectivity index (χ2n) is 15.8. The topological polar surface area (TPSA) is 74.6 Å². The van der Waals surface area contributed by atoms with Gasteiger partial charge in [-0.05, 0) is 48.5 Å². The highest BCUT2D eigenvalue weighted by Gasteiger charge is 2.24. The number of hydrogen-bond acceptors (Lipinski definition) is 5. The molecule has 7 heteroatoms. The molecule has 0 spiro atoms. The van der Waals surface area contributed by atoms with Crippen molar-refractivity contribution in [2.75, 3.05) is 0 Å². The summed E-state index contributed by atoms with van der Waals surface area (Å²) in [5, 5.41) is 6.22. The van der Waals surface area contributed by atoms with E-state index in [2.05, 4.69) is 143 Å². The van der Waals surface area contributed by atoms with Crippen LogP contribution in [0.3, 0.4) is 0 Å². The van der Waals surface area contributed by atoms with Crippen molar-refractivity contribution in [2.45, 2.75) is 0 Å². The van der Waals surface area contributed by atoms with Gasteiger partial charge < -0.3 is 4.42 Å². The van der Waals surface area contributed by atoms with E-state index in [1.165, 1.54) is 0 Å². The summed E-state index contributed by atoms with van der Waals surface area (Å²) >= 11 is 0. The van der Waals surface area contributed by atoms with Gasteiger partial charge in [-0.25, -0.2) is 19.9 Å². The van der Waals surface area contributed by atoms with Gasteiger partial charge in [0, 0.05) is 43.8 Å². The van der Waals surface area contributed by atoms with E-state index in [1.54, 1.807) is 0 Å². The second kappa shape index (κ2) is 13.9. The van der Waals surface area contributed by atoms with E-state index in [0.29, 0.717) is 11.9 Å². The Balaban J connectivity index is 1.07. The highest BCUT2D eigenvalue weighted by atomic mass is 16.3. The Morgan fingerprint density at radius 3 is 0.952 bits per heavy atom. The molecule has 0 unspecified atom stereocenters. The fourth-order valence-corrected chi connectivity index (χ4v) is 9.32. The summed E-state index contributed by atoms with van der Waals surface area (Å²) in [6.45, 7) is 0. The zero-order valence-corrected chi connectivity index (χ0v) is 33.7. The zero-order chi connectivity index (χ0) is 41.4. The summed E-state index contributed by atoms with van der Waals surface area (Å²) < 4.78 is 11.6. The normalized spacial score (nSPS) is 11.8. The monoisotopic (exact) mass is 806 g/mol. The average Bonchev–Trinajstić information content (AvgIpc) is 4.02. The minimum atomic E-state index is 0.593. The highest BCUT2D eigenvalue weighted by Crippen LogP contribution is 2.45. The number of nitrogens with zero attached hydrogens (tertiary/aromatic N) is 6. The average molecular weight is 807 g/mol. The highest BCUT2D eigenvalue weighted by molar-refractivity contribution is 6.28.